The maximum Gasteiger partial charge on any atom is 0.257 e. The van der Waals surface area contributed by atoms with Gasteiger partial charge in [0.2, 0.25) is 11.8 Å². The summed E-state index contributed by atoms with van der Waals surface area (Å²) in [6, 6.07) is 1.65. The number of hydrogen-bond acceptors (Lipinski definition) is 5. The molecule has 0 unspecified atom stereocenters. The average molecular weight is 348 g/mol. The van der Waals surface area contributed by atoms with Gasteiger partial charge in [-0.25, -0.2) is 0 Å². The van der Waals surface area contributed by atoms with Crippen LogP contribution in [0.1, 0.15) is 23.2 Å². The predicted molar refractivity (Wildman–Crippen MR) is 89.9 cm³/mol. The van der Waals surface area contributed by atoms with Gasteiger partial charge in [-0.15, -0.1) is 0 Å². The van der Waals surface area contributed by atoms with E-state index in [9.17, 15) is 14.4 Å². The summed E-state index contributed by atoms with van der Waals surface area (Å²) in [5.41, 5.74) is 0.548. The highest BCUT2D eigenvalue weighted by Crippen LogP contribution is 2.09. The van der Waals surface area contributed by atoms with E-state index in [1.165, 1.54) is 12.5 Å². The van der Waals surface area contributed by atoms with Crippen molar-refractivity contribution in [2.75, 3.05) is 52.4 Å². The maximum absolute atomic E-state index is 12.2. The summed E-state index contributed by atoms with van der Waals surface area (Å²) in [6.45, 7) is 4.32. The van der Waals surface area contributed by atoms with E-state index < -0.39 is 0 Å². The molecule has 136 valence electrons. The summed E-state index contributed by atoms with van der Waals surface area (Å²) in [5, 5.41) is 2.70. The zero-order chi connectivity index (χ0) is 17.6. The zero-order valence-corrected chi connectivity index (χ0v) is 14.3. The van der Waals surface area contributed by atoms with Crippen molar-refractivity contribution in [3.63, 3.8) is 0 Å². The predicted octanol–water partition coefficient (Wildman–Crippen LogP) is -0.224. The van der Waals surface area contributed by atoms with E-state index >= 15 is 0 Å². The van der Waals surface area contributed by atoms with E-state index in [1.807, 2.05) is 4.90 Å². The van der Waals surface area contributed by atoms with E-state index in [-0.39, 0.29) is 30.8 Å². The molecule has 1 aromatic heterocycles. The minimum atomic E-state index is -0.151. The number of nitrogens with zero attached hydrogens (tertiary/aromatic N) is 3. The normalized spacial score (nSPS) is 18.4. The smallest absolute Gasteiger partial charge is 0.257 e. The molecule has 0 bridgehead atoms. The third-order valence-corrected chi connectivity index (χ3v) is 4.69. The first-order valence-corrected chi connectivity index (χ1v) is 8.72. The highest BCUT2D eigenvalue weighted by Gasteiger charge is 2.24. The lowest BCUT2D eigenvalue weighted by molar-refractivity contribution is -0.132. The van der Waals surface area contributed by atoms with Crippen LogP contribution in [0.15, 0.2) is 23.0 Å². The van der Waals surface area contributed by atoms with Gasteiger partial charge >= 0.3 is 0 Å². The molecule has 3 heterocycles. The Kier molecular flexibility index (Phi) is 5.70. The molecule has 1 aromatic rings. The number of carbonyl (C=O) groups is 3. The van der Waals surface area contributed by atoms with Gasteiger partial charge in [0.25, 0.3) is 5.91 Å². The molecule has 0 saturated carbocycles. The van der Waals surface area contributed by atoms with Crippen LogP contribution in [0.25, 0.3) is 0 Å². The van der Waals surface area contributed by atoms with Crippen LogP contribution < -0.4 is 5.32 Å². The quantitative estimate of drug-likeness (QED) is 0.795. The Morgan fingerprint density at radius 2 is 1.72 bits per heavy atom. The van der Waals surface area contributed by atoms with Crippen LogP contribution in [0.4, 0.5) is 0 Å². The first-order chi connectivity index (χ1) is 12.1. The number of carbonyl (C=O) groups excluding carboxylic acids is 3. The second-order valence-corrected chi connectivity index (χ2v) is 6.44. The summed E-state index contributed by atoms with van der Waals surface area (Å²) >= 11 is 0. The van der Waals surface area contributed by atoms with E-state index in [0.29, 0.717) is 31.7 Å². The Morgan fingerprint density at radius 3 is 2.36 bits per heavy atom. The third kappa shape index (κ3) is 4.60. The minimum absolute atomic E-state index is 0.0126. The number of hydrogen-bond donors (Lipinski definition) is 1. The molecule has 0 spiro atoms. The fourth-order valence-electron chi connectivity index (χ4n) is 3.19. The molecule has 8 nitrogen and oxygen atoms in total. The van der Waals surface area contributed by atoms with Crippen LogP contribution >= 0.6 is 0 Å². The lowest BCUT2D eigenvalue weighted by Crippen LogP contribution is -2.51. The van der Waals surface area contributed by atoms with Gasteiger partial charge in [0.15, 0.2) is 0 Å². The first-order valence-electron chi connectivity index (χ1n) is 8.72. The lowest BCUT2D eigenvalue weighted by Gasteiger charge is -2.34. The van der Waals surface area contributed by atoms with Crippen LogP contribution in [0.5, 0.6) is 0 Å². The molecule has 2 fully saturated rings. The van der Waals surface area contributed by atoms with Crippen LogP contribution in [0.3, 0.4) is 0 Å². The number of likely N-dealkylation sites (tertiary alicyclic amines) is 1. The van der Waals surface area contributed by atoms with E-state index in [4.69, 9.17) is 4.42 Å². The molecule has 2 aliphatic rings. The van der Waals surface area contributed by atoms with Gasteiger partial charge in [-0.05, 0) is 18.9 Å². The van der Waals surface area contributed by atoms with E-state index in [0.717, 1.165) is 25.9 Å². The molecule has 3 amide bonds. The van der Waals surface area contributed by atoms with Crippen LogP contribution in [0.2, 0.25) is 0 Å². The molecule has 3 rings (SSSR count). The van der Waals surface area contributed by atoms with Crippen molar-refractivity contribution >= 4 is 17.7 Å². The molecule has 0 aromatic carbocycles. The largest absolute Gasteiger partial charge is 0.472 e. The minimum Gasteiger partial charge on any atom is -0.472 e. The Hall–Kier alpha value is -2.35. The van der Waals surface area contributed by atoms with Crippen LogP contribution in [0, 0.1) is 0 Å². The molecule has 0 radical (unpaired) electrons. The van der Waals surface area contributed by atoms with Gasteiger partial charge in [0.05, 0.1) is 24.9 Å². The summed E-state index contributed by atoms with van der Waals surface area (Å²) < 4.78 is 4.94. The zero-order valence-electron chi connectivity index (χ0n) is 14.3. The molecule has 2 aliphatic heterocycles. The standard InChI is InChI=1S/C17H24N4O4/c22-15(18-11-16(23)20-4-1-2-5-20)12-19-6-8-21(9-7-19)17(24)14-3-10-25-13-14/h3,10,13H,1-2,4-9,11-12H2,(H,18,22). The van der Waals surface area contributed by atoms with Crippen molar-refractivity contribution in [2.45, 2.75) is 12.8 Å². The van der Waals surface area contributed by atoms with E-state index in [2.05, 4.69) is 5.32 Å². The highest BCUT2D eigenvalue weighted by molar-refractivity contribution is 5.93. The van der Waals surface area contributed by atoms with Gasteiger partial charge < -0.3 is 19.5 Å². The highest BCUT2D eigenvalue weighted by atomic mass is 16.3. The summed E-state index contributed by atoms with van der Waals surface area (Å²) in [7, 11) is 0. The fraction of sp³-hybridized carbons (Fsp3) is 0.588. The molecular formula is C17H24N4O4. The summed E-state index contributed by atoms with van der Waals surface area (Å²) in [5.74, 6) is -0.211. The number of amides is 3. The van der Waals surface area contributed by atoms with Crippen molar-refractivity contribution in [3.8, 4) is 0 Å². The lowest BCUT2D eigenvalue weighted by atomic mass is 10.2. The molecule has 2 saturated heterocycles. The Labute approximate surface area is 146 Å². The second-order valence-electron chi connectivity index (χ2n) is 6.44. The number of nitrogens with one attached hydrogen (secondary N) is 1. The second kappa shape index (κ2) is 8.15. The molecule has 25 heavy (non-hydrogen) atoms. The van der Waals surface area contributed by atoms with Crippen LogP contribution in [-0.2, 0) is 9.59 Å². The number of furan rings is 1. The molecule has 8 heteroatoms. The van der Waals surface area contributed by atoms with Gasteiger partial charge in [0, 0.05) is 39.3 Å². The Balaban J connectivity index is 1.36. The number of rotatable bonds is 5. The molecule has 0 atom stereocenters. The maximum atomic E-state index is 12.2. The summed E-state index contributed by atoms with van der Waals surface area (Å²) in [4.78, 5) is 41.7. The number of piperazine rings is 1. The van der Waals surface area contributed by atoms with Gasteiger partial charge in [-0.3, -0.25) is 19.3 Å². The third-order valence-electron chi connectivity index (χ3n) is 4.69. The van der Waals surface area contributed by atoms with Crippen molar-refractivity contribution in [1.82, 2.24) is 20.0 Å². The fourth-order valence-corrected chi connectivity index (χ4v) is 3.19. The van der Waals surface area contributed by atoms with Gasteiger partial charge in [-0.2, -0.15) is 0 Å². The monoisotopic (exact) mass is 348 g/mol. The van der Waals surface area contributed by atoms with Crippen molar-refractivity contribution < 1.29 is 18.8 Å². The summed E-state index contributed by atoms with van der Waals surface area (Å²) in [6.07, 6.45) is 5.01. The first kappa shape index (κ1) is 17.5. The van der Waals surface area contributed by atoms with Crippen molar-refractivity contribution in [1.29, 1.82) is 0 Å². The van der Waals surface area contributed by atoms with Crippen molar-refractivity contribution in [3.05, 3.63) is 24.2 Å². The van der Waals surface area contributed by atoms with Gasteiger partial charge in [0.1, 0.15) is 6.26 Å². The molecule has 0 aliphatic carbocycles. The Bertz CT molecular complexity index is 602. The average Bonchev–Trinajstić information content (AvgIpc) is 3.33. The SMILES string of the molecule is O=C(CN1CCN(C(=O)c2ccoc2)CC1)NCC(=O)N1CCCC1. The van der Waals surface area contributed by atoms with Gasteiger partial charge in [-0.1, -0.05) is 0 Å². The van der Waals surface area contributed by atoms with E-state index in [1.54, 1.807) is 15.9 Å². The van der Waals surface area contributed by atoms with Crippen molar-refractivity contribution in [2.24, 2.45) is 0 Å². The molecular weight excluding hydrogens is 324 g/mol. The van der Waals surface area contributed by atoms with Crippen LogP contribution in [-0.4, -0.2) is 84.8 Å². The molecule has 1 N–H and O–H groups in total. The Morgan fingerprint density at radius 1 is 1.00 bits per heavy atom. The topological polar surface area (TPSA) is 86.1 Å².